The fourth-order valence-electron chi connectivity index (χ4n) is 2.19. The number of aryl methyl sites for hydroxylation is 1. The van der Waals surface area contributed by atoms with Gasteiger partial charge in [-0.05, 0) is 24.6 Å². The highest BCUT2D eigenvalue weighted by Gasteiger charge is 2.15. The number of aromatic nitrogens is 2. The van der Waals surface area contributed by atoms with Crippen molar-refractivity contribution in [1.29, 1.82) is 0 Å². The Balaban J connectivity index is 1.65. The Bertz CT molecular complexity index is 969. The minimum Gasteiger partial charge on any atom is -0.419 e. The lowest BCUT2D eigenvalue weighted by atomic mass is 10.2. The summed E-state index contributed by atoms with van der Waals surface area (Å²) in [6.07, 6.45) is 0. The molecule has 2 aromatic carbocycles. The van der Waals surface area contributed by atoms with Crippen molar-refractivity contribution in [3.05, 3.63) is 70.6 Å². The summed E-state index contributed by atoms with van der Waals surface area (Å²) in [6.45, 7) is 1.87. The van der Waals surface area contributed by atoms with E-state index in [0.717, 1.165) is 5.56 Å². The molecule has 0 amide bonds. The summed E-state index contributed by atoms with van der Waals surface area (Å²) in [5, 5.41) is 8.24. The van der Waals surface area contributed by atoms with Crippen LogP contribution >= 0.6 is 11.6 Å². The number of sulfonamides is 1. The molecule has 3 rings (SSSR count). The van der Waals surface area contributed by atoms with Gasteiger partial charge in [0.25, 0.3) is 0 Å². The SMILES string of the molecule is Cc1ccc(CS(=O)(=O)NCc2nnc(-c3ccccc3Cl)o2)cc1. The zero-order chi connectivity index (χ0) is 17.9. The van der Waals surface area contributed by atoms with Crippen molar-refractivity contribution in [2.75, 3.05) is 0 Å². The van der Waals surface area contributed by atoms with Crippen molar-refractivity contribution in [2.24, 2.45) is 0 Å². The van der Waals surface area contributed by atoms with E-state index >= 15 is 0 Å². The Hall–Kier alpha value is -2.22. The monoisotopic (exact) mass is 377 g/mol. The van der Waals surface area contributed by atoms with E-state index in [1.165, 1.54) is 0 Å². The molecule has 0 saturated carbocycles. The van der Waals surface area contributed by atoms with Gasteiger partial charge >= 0.3 is 0 Å². The molecule has 6 nitrogen and oxygen atoms in total. The van der Waals surface area contributed by atoms with E-state index in [4.69, 9.17) is 16.0 Å². The molecule has 0 atom stereocenters. The number of halogens is 1. The van der Waals surface area contributed by atoms with Crippen molar-refractivity contribution in [1.82, 2.24) is 14.9 Å². The van der Waals surface area contributed by atoms with E-state index in [-0.39, 0.29) is 24.1 Å². The van der Waals surface area contributed by atoms with Gasteiger partial charge in [-0.3, -0.25) is 0 Å². The smallest absolute Gasteiger partial charge is 0.249 e. The minimum atomic E-state index is -3.51. The van der Waals surface area contributed by atoms with Gasteiger partial charge in [0.05, 0.1) is 22.9 Å². The zero-order valence-electron chi connectivity index (χ0n) is 13.4. The van der Waals surface area contributed by atoms with Crippen molar-refractivity contribution in [2.45, 2.75) is 19.2 Å². The van der Waals surface area contributed by atoms with Crippen LogP contribution in [0.4, 0.5) is 0 Å². The Morgan fingerprint density at radius 3 is 2.52 bits per heavy atom. The molecule has 1 heterocycles. The first-order valence-electron chi connectivity index (χ1n) is 7.53. The average Bonchev–Trinajstić information content (AvgIpc) is 3.04. The fourth-order valence-corrected chi connectivity index (χ4v) is 3.49. The predicted octanol–water partition coefficient (Wildman–Crippen LogP) is 3.32. The van der Waals surface area contributed by atoms with Crippen LogP contribution < -0.4 is 4.72 Å². The van der Waals surface area contributed by atoms with Crippen molar-refractivity contribution in [3.8, 4) is 11.5 Å². The van der Waals surface area contributed by atoms with Crippen LogP contribution in [0.2, 0.25) is 5.02 Å². The summed E-state index contributed by atoms with van der Waals surface area (Å²) in [5.41, 5.74) is 2.39. The number of hydrogen-bond donors (Lipinski definition) is 1. The molecule has 0 fully saturated rings. The maximum absolute atomic E-state index is 12.2. The molecule has 0 radical (unpaired) electrons. The maximum atomic E-state index is 12.2. The van der Waals surface area contributed by atoms with Gasteiger partial charge in [0.15, 0.2) is 0 Å². The minimum absolute atomic E-state index is 0.0777. The number of nitrogens with one attached hydrogen (secondary N) is 1. The maximum Gasteiger partial charge on any atom is 0.249 e. The first kappa shape index (κ1) is 17.6. The highest BCUT2D eigenvalue weighted by molar-refractivity contribution is 7.88. The molecule has 3 aromatic rings. The summed E-state index contributed by atoms with van der Waals surface area (Å²) in [6, 6.07) is 14.4. The first-order chi connectivity index (χ1) is 11.9. The second-order valence-corrected chi connectivity index (χ2v) is 7.76. The van der Waals surface area contributed by atoms with E-state index in [1.807, 2.05) is 19.1 Å². The van der Waals surface area contributed by atoms with Gasteiger partial charge in [-0.25, -0.2) is 13.1 Å². The summed E-state index contributed by atoms with van der Waals surface area (Å²) < 4.78 is 32.3. The lowest BCUT2D eigenvalue weighted by Gasteiger charge is -2.05. The van der Waals surface area contributed by atoms with Gasteiger partial charge in [-0.2, -0.15) is 0 Å². The molecule has 0 aliphatic carbocycles. The van der Waals surface area contributed by atoms with Crippen molar-refractivity contribution in [3.63, 3.8) is 0 Å². The first-order valence-corrected chi connectivity index (χ1v) is 9.56. The van der Waals surface area contributed by atoms with Crippen LogP contribution in [-0.2, 0) is 22.3 Å². The van der Waals surface area contributed by atoms with Gasteiger partial charge in [0, 0.05) is 0 Å². The molecule has 0 saturated heterocycles. The third-order valence-corrected chi connectivity index (χ3v) is 5.12. The Morgan fingerprint density at radius 2 is 1.80 bits per heavy atom. The van der Waals surface area contributed by atoms with E-state index in [0.29, 0.717) is 16.1 Å². The second-order valence-electron chi connectivity index (χ2n) is 5.55. The summed E-state index contributed by atoms with van der Waals surface area (Å²) >= 11 is 6.08. The summed E-state index contributed by atoms with van der Waals surface area (Å²) in [4.78, 5) is 0. The van der Waals surface area contributed by atoms with Crippen LogP contribution in [0.3, 0.4) is 0 Å². The highest BCUT2D eigenvalue weighted by Crippen LogP contribution is 2.26. The fraction of sp³-hybridized carbons (Fsp3) is 0.176. The van der Waals surface area contributed by atoms with Gasteiger partial charge in [0.2, 0.25) is 21.8 Å². The molecule has 0 bridgehead atoms. The Kier molecular flexibility index (Phi) is 5.17. The Labute approximate surface area is 150 Å². The quantitative estimate of drug-likeness (QED) is 0.712. The molecular weight excluding hydrogens is 362 g/mol. The van der Waals surface area contributed by atoms with Crippen molar-refractivity contribution < 1.29 is 12.8 Å². The highest BCUT2D eigenvalue weighted by atomic mass is 35.5. The molecule has 25 heavy (non-hydrogen) atoms. The number of hydrogen-bond acceptors (Lipinski definition) is 5. The normalized spacial score (nSPS) is 11.6. The van der Waals surface area contributed by atoms with Gasteiger partial charge in [-0.1, -0.05) is 53.6 Å². The molecule has 0 aliphatic heterocycles. The van der Waals surface area contributed by atoms with Crippen LogP contribution in [-0.4, -0.2) is 18.6 Å². The summed E-state index contributed by atoms with van der Waals surface area (Å²) in [5.74, 6) is 0.305. The van der Waals surface area contributed by atoms with Crippen LogP contribution in [0.15, 0.2) is 52.9 Å². The molecule has 0 spiro atoms. The van der Waals surface area contributed by atoms with E-state index in [2.05, 4.69) is 14.9 Å². The van der Waals surface area contributed by atoms with E-state index < -0.39 is 10.0 Å². The summed E-state index contributed by atoms with van der Waals surface area (Å²) in [7, 11) is -3.51. The van der Waals surface area contributed by atoms with Gasteiger partial charge in [-0.15, -0.1) is 10.2 Å². The lowest BCUT2D eigenvalue weighted by Crippen LogP contribution is -2.24. The standard InChI is InChI=1S/C17H16ClN3O3S/c1-12-6-8-13(9-7-12)11-25(22,23)19-10-16-20-21-17(24-16)14-4-2-3-5-15(14)18/h2-9,19H,10-11H2,1H3. The number of benzene rings is 2. The molecule has 8 heteroatoms. The third kappa shape index (κ3) is 4.66. The molecule has 0 unspecified atom stereocenters. The predicted molar refractivity (Wildman–Crippen MR) is 95.4 cm³/mol. The second kappa shape index (κ2) is 7.35. The van der Waals surface area contributed by atoms with Gasteiger partial charge < -0.3 is 4.42 Å². The zero-order valence-corrected chi connectivity index (χ0v) is 15.0. The van der Waals surface area contributed by atoms with Gasteiger partial charge in [0.1, 0.15) is 0 Å². The molecular formula is C17H16ClN3O3S. The average molecular weight is 378 g/mol. The topological polar surface area (TPSA) is 85.1 Å². The molecule has 0 aliphatic rings. The van der Waals surface area contributed by atoms with E-state index in [9.17, 15) is 8.42 Å². The van der Waals surface area contributed by atoms with Crippen LogP contribution in [0.25, 0.3) is 11.5 Å². The lowest BCUT2D eigenvalue weighted by molar-refractivity contribution is 0.494. The van der Waals surface area contributed by atoms with Crippen molar-refractivity contribution >= 4 is 21.6 Å². The molecule has 1 N–H and O–H groups in total. The molecule has 1 aromatic heterocycles. The largest absolute Gasteiger partial charge is 0.419 e. The number of rotatable bonds is 6. The Morgan fingerprint density at radius 1 is 1.08 bits per heavy atom. The third-order valence-electron chi connectivity index (χ3n) is 3.49. The van der Waals surface area contributed by atoms with Crippen LogP contribution in [0.1, 0.15) is 17.0 Å². The van der Waals surface area contributed by atoms with Crippen LogP contribution in [0.5, 0.6) is 0 Å². The van der Waals surface area contributed by atoms with E-state index in [1.54, 1.807) is 36.4 Å². The van der Waals surface area contributed by atoms with Crippen LogP contribution in [0, 0.1) is 6.92 Å². The molecule has 130 valence electrons. The number of nitrogens with zero attached hydrogens (tertiary/aromatic N) is 2.